The molecule has 7 nitrogen and oxygen atoms in total. The molecular formula is C28H34N4O3S. The van der Waals surface area contributed by atoms with Gasteiger partial charge in [-0.05, 0) is 74.5 Å². The summed E-state index contributed by atoms with van der Waals surface area (Å²) in [5.41, 5.74) is 5.68. The van der Waals surface area contributed by atoms with Gasteiger partial charge in [0.1, 0.15) is 0 Å². The number of amides is 2. The van der Waals surface area contributed by atoms with Crippen molar-refractivity contribution in [2.45, 2.75) is 44.0 Å². The van der Waals surface area contributed by atoms with Crippen LogP contribution in [0, 0.1) is 5.92 Å². The van der Waals surface area contributed by atoms with Gasteiger partial charge in [0.2, 0.25) is 0 Å². The number of sulfone groups is 1. The minimum absolute atomic E-state index is 0.0263. The minimum atomic E-state index is -3.08. The zero-order chi connectivity index (χ0) is 25.4. The summed E-state index contributed by atoms with van der Waals surface area (Å²) in [4.78, 5) is 22.1. The minimum Gasteiger partial charge on any atom is -0.333 e. The molecule has 5 rings (SSSR count). The molecule has 2 amide bonds. The van der Waals surface area contributed by atoms with Gasteiger partial charge in [-0.25, -0.2) is 13.2 Å². The summed E-state index contributed by atoms with van der Waals surface area (Å²) >= 11 is 0. The quantitative estimate of drug-likeness (QED) is 0.529. The van der Waals surface area contributed by atoms with Gasteiger partial charge in [0, 0.05) is 42.5 Å². The van der Waals surface area contributed by atoms with Crippen molar-refractivity contribution in [1.29, 1.82) is 0 Å². The number of hydrogen-bond acceptors (Lipinski definition) is 5. The molecule has 0 atom stereocenters. The molecule has 0 radical (unpaired) electrons. The van der Waals surface area contributed by atoms with Crippen molar-refractivity contribution < 1.29 is 13.2 Å². The molecule has 0 unspecified atom stereocenters. The van der Waals surface area contributed by atoms with Gasteiger partial charge in [-0.3, -0.25) is 9.88 Å². The number of rotatable bonds is 6. The largest absolute Gasteiger partial charge is 0.333 e. The van der Waals surface area contributed by atoms with Crippen molar-refractivity contribution in [3.8, 4) is 11.1 Å². The number of nitrogens with zero attached hydrogens (tertiary/aromatic N) is 3. The van der Waals surface area contributed by atoms with Gasteiger partial charge in [-0.1, -0.05) is 30.3 Å². The molecule has 0 spiro atoms. The molecule has 1 N–H and O–H groups in total. The highest BCUT2D eigenvalue weighted by Crippen LogP contribution is 2.39. The summed E-state index contributed by atoms with van der Waals surface area (Å²) in [6.07, 6.45) is 7.37. The highest BCUT2D eigenvalue weighted by Gasteiger charge is 2.35. The summed E-state index contributed by atoms with van der Waals surface area (Å²) in [6, 6.07) is 14.0. The van der Waals surface area contributed by atoms with Gasteiger partial charge in [-0.2, -0.15) is 0 Å². The predicted octanol–water partition coefficient (Wildman–Crippen LogP) is 4.60. The third-order valence-electron chi connectivity index (χ3n) is 7.33. The fourth-order valence-corrected chi connectivity index (χ4v) is 6.52. The van der Waals surface area contributed by atoms with Crippen LogP contribution in [0.25, 0.3) is 22.0 Å². The van der Waals surface area contributed by atoms with E-state index in [1.165, 1.54) is 6.26 Å². The van der Waals surface area contributed by atoms with Crippen molar-refractivity contribution >= 4 is 32.5 Å². The number of fused-ring (bicyclic) bond motifs is 3. The molecule has 3 aromatic rings. The Labute approximate surface area is 213 Å². The molecule has 0 bridgehead atoms. The van der Waals surface area contributed by atoms with Crippen molar-refractivity contribution in [2.24, 2.45) is 5.92 Å². The molecule has 1 saturated carbocycles. The van der Waals surface area contributed by atoms with Crippen LogP contribution in [0.3, 0.4) is 0 Å². The second-order valence-electron chi connectivity index (χ2n) is 10.6. The number of pyridine rings is 1. The molecule has 1 fully saturated rings. The zero-order valence-electron chi connectivity index (χ0n) is 21.2. The van der Waals surface area contributed by atoms with Crippen LogP contribution in [0.5, 0.6) is 0 Å². The smallest absolute Gasteiger partial charge is 0.322 e. The number of nitrogens with one attached hydrogen (secondary N) is 1. The third kappa shape index (κ3) is 5.25. The number of benzene rings is 2. The van der Waals surface area contributed by atoms with E-state index in [1.54, 1.807) is 0 Å². The average Bonchev–Trinajstić information content (AvgIpc) is 2.83. The standard InChI is InChI=1S/C28H34N4O3S/c1-31(2)17-19-6-11-24(12-7-19)32-27-23(16-30-28(32)33)15-29-26-13-10-22(14-25(26)27)21-8-4-20(5-9-21)18-36(3,34)35/h4-5,8-10,13-15,19,24H,6-7,11-12,16-18H2,1-3H3,(H,30,33). The Morgan fingerprint density at radius 2 is 1.72 bits per heavy atom. The summed E-state index contributed by atoms with van der Waals surface area (Å²) in [7, 11) is 1.16. The summed E-state index contributed by atoms with van der Waals surface area (Å²) in [5.74, 6) is 0.707. The van der Waals surface area contributed by atoms with Crippen LogP contribution in [-0.4, -0.2) is 57.3 Å². The van der Waals surface area contributed by atoms with E-state index in [9.17, 15) is 13.2 Å². The van der Waals surface area contributed by atoms with E-state index in [1.807, 2.05) is 47.5 Å². The predicted molar refractivity (Wildman–Crippen MR) is 145 cm³/mol. The summed E-state index contributed by atoms with van der Waals surface area (Å²) < 4.78 is 23.3. The first kappa shape index (κ1) is 24.7. The first-order valence-electron chi connectivity index (χ1n) is 12.6. The van der Waals surface area contributed by atoms with Gasteiger partial charge >= 0.3 is 6.03 Å². The molecule has 36 heavy (non-hydrogen) atoms. The first-order chi connectivity index (χ1) is 17.2. The lowest BCUT2D eigenvalue weighted by molar-refractivity contribution is 0.226. The second kappa shape index (κ2) is 9.82. The van der Waals surface area contributed by atoms with Crippen LogP contribution in [0.2, 0.25) is 0 Å². The fraction of sp³-hybridized carbons (Fsp3) is 0.429. The van der Waals surface area contributed by atoms with Crippen LogP contribution in [0.4, 0.5) is 10.5 Å². The van der Waals surface area contributed by atoms with E-state index in [-0.39, 0.29) is 17.8 Å². The normalized spacial score (nSPS) is 20.4. The summed E-state index contributed by atoms with van der Waals surface area (Å²) in [5, 5.41) is 4.04. The number of carbonyl (C=O) groups is 1. The van der Waals surface area contributed by atoms with Gasteiger partial charge in [0.05, 0.1) is 17.0 Å². The third-order valence-corrected chi connectivity index (χ3v) is 8.18. The monoisotopic (exact) mass is 506 g/mol. The van der Waals surface area contributed by atoms with Crippen molar-refractivity contribution in [1.82, 2.24) is 15.2 Å². The highest BCUT2D eigenvalue weighted by molar-refractivity contribution is 7.89. The Balaban J connectivity index is 1.49. The van der Waals surface area contributed by atoms with E-state index in [2.05, 4.69) is 35.4 Å². The van der Waals surface area contributed by atoms with Crippen LogP contribution >= 0.6 is 0 Å². The van der Waals surface area contributed by atoms with Crippen LogP contribution in [-0.2, 0) is 22.1 Å². The SMILES string of the molecule is CN(C)CC1CCC(N2C(=O)NCc3cnc4ccc(-c5ccc(CS(C)(=O)=O)cc5)cc4c32)CC1. The fourth-order valence-electron chi connectivity index (χ4n) is 5.72. The first-order valence-corrected chi connectivity index (χ1v) is 14.6. The molecule has 1 aliphatic carbocycles. The molecule has 8 heteroatoms. The lowest BCUT2D eigenvalue weighted by atomic mass is 9.84. The van der Waals surface area contributed by atoms with Gasteiger partial charge < -0.3 is 10.2 Å². The van der Waals surface area contributed by atoms with Crippen LogP contribution in [0.1, 0.15) is 36.8 Å². The Bertz CT molecular complexity index is 1380. The van der Waals surface area contributed by atoms with Crippen LogP contribution in [0.15, 0.2) is 48.7 Å². The van der Waals surface area contributed by atoms with E-state index in [0.29, 0.717) is 12.5 Å². The Morgan fingerprint density at radius 1 is 1.03 bits per heavy atom. The highest BCUT2D eigenvalue weighted by atomic mass is 32.2. The topological polar surface area (TPSA) is 82.6 Å². The van der Waals surface area contributed by atoms with Gasteiger partial charge in [0.15, 0.2) is 9.84 Å². The molecule has 2 aromatic carbocycles. The molecule has 190 valence electrons. The molecule has 2 heterocycles. The Kier molecular flexibility index (Phi) is 6.74. The average molecular weight is 507 g/mol. The van der Waals surface area contributed by atoms with E-state index >= 15 is 0 Å². The van der Waals surface area contributed by atoms with Crippen molar-refractivity contribution in [2.75, 3.05) is 31.8 Å². The number of anilines is 1. The zero-order valence-corrected chi connectivity index (χ0v) is 22.0. The number of urea groups is 1. The van der Waals surface area contributed by atoms with E-state index < -0.39 is 9.84 Å². The van der Waals surface area contributed by atoms with Gasteiger partial charge in [-0.15, -0.1) is 0 Å². The molecular weight excluding hydrogens is 472 g/mol. The summed E-state index contributed by atoms with van der Waals surface area (Å²) in [6.45, 7) is 1.57. The second-order valence-corrected chi connectivity index (χ2v) is 12.7. The van der Waals surface area contributed by atoms with Gasteiger partial charge in [0.25, 0.3) is 0 Å². The number of hydrogen-bond donors (Lipinski definition) is 1. The Morgan fingerprint density at radius 3 is 2.39 bits per heavy atom. The number of aromatic nitrogens is 1. The van der Waals surface area contributed by atoms with Crippen molar-refractivity contribution in [3.63, 3.8) is 0 Å². The van der Waals surface area contributed by atoms with E-state index in [4.69, 9.17) is 0 Å². The molecule has 1 aromatic heterocycles. The molecule has 2 aliphatic rings. The lowest BCUT2D eigenvalue weighted by Gasteiger charge is -2.40. The maximum atomic E-state index is 13.2. The maximum absolute atomic E-state index is 13.2. The number of carbonyl (C=O) groups excluding carboxylic acids is 1. The molecule has 1 aliphatic heterocycles. The maximum Gasteiger partial charge on any atom is 0.322 e. The van der Waals surface area contributed by atoms with E-state index in [0.717, 1.165) is 71.1 Å². The lowest BCUT2D eigenvalue weighted by Crippen LogP contribution is -2.51. The van der Waals surface area contributed by atoms with Crippen molar-refractivity contribution in [3.05, 3.63) is 59.8 Å². The molecule has 0 saturated heterocycles. The van der Waals surface area contributed by atoms with Crippen LogP contribution < -0.4 is 10.2 Å². The Hall–Kier alpha value is -2.97.